The summed E-state index contributed by atoms with van der Waals surface area (Å²) in [6, 6.07) is 16.7. The van der Waals surface area contributed by atoms with Crippen LogP contribution >= 0.6 is 0 Å². The molecule has 0 heterocycles. The number of Topliss-reactive ketones (excluding diaryl/α,β-unsaturated/α-hetero) is 1. The van der Waals surface area contributed by atoms with Gasteiger partial charge in [0.05, 0.1) is 25.3 Å². The van der Waals surface area contributed by atoms with E-state index in [1.807, 2.05) is 30.3 Å². The number of fused-ring (bicyclic) bond motifs is 1. The molecule has 0 amide bonds. The van der Waals surface area contributed by atoms with Crippen LogP contribution in [0.1, 0.15) is 42.2 Å². The van der Waals surface area contributed by atoms with Crippen molar-refractivity contribution in [3.8, 4) is 17.2 Å². The lowest BCUT2D eigenvalue weighted by atomic mass is 9.84. The summed E-state index contributed by atoms with van der Waals surface area (Å²) < 4.78 is 16.2. The Hall–Kier alpha value is -4.39. The number of methoxy groups -OCH3 is 2. The smallest absolute Gasteiger partial charge is 0.338 e. The molecule has 1 aliphatic carbocycles. The van der Waals surface area contributed by atoms with E-state index in [1.54, 1.807) is 6.07 Å². The van der Waals surface area contributed by atoms with Crippen LogP contribution in [-0.2, 0) is 11.3 Å². The fraction of sp³-hybridized carbons (Fsp3) is 0.115. The van der Waals surface area contributed by atoms with Gasteiger partial charge in [-0.25, -0.2) is 4.79 Å². The highest BCUT2D eigenvalue weighted by Gasteiger charge is 2.33. The molecule has 0 atom stereocenters. The highest BCUT2D eigenvalue weighted by atomic mass is 16.5. The highest BCUT2D eigenvalue weighted by Crippen LogP contribution is 2.40. The Morgan fingerprint density at radius 2 is 1.70 bits per heavy atom. The third kappa shape index (κ3) is 4.08. The van der Waals surface area contributed by atoms with Crippen molar-refractivity contribution in [2.75, 3.05) is 14.2 Å². The molecular formula is C26H20O7. The lowest BCUT2D eigenvalue weighted by Crippen LogP contribution is -2.19. The van der Waals surface area contributed by atoms with Gasteiger partial charge in [0.25, 0.3) is 0 Å². The van der Waals surface area contributed by atoms with Crippen LogP contribution in [0, 0.1) is 0 Å². The molecule has 0 unspecified atom stereocenters. The number of esters is 1. The van der Waals surface area contributed by atoms with Crippen molar-refractivity contribution in [1.82, 2.24) is 0 Å². The van der Waals surface area contributed by atoms with E-state index in [-0.39, 0.29) is 45.9 Å². The molecule has 33 heavy (non-hydrogen) atoms. The van der Waals surface area contributed by atoms with Crippen molar-refractivity contribution in [2.24, 2.45) is 0 Å². The van der Waals surface area contributed by atoms with Crippen molar-refractivity contribution in [3.63, 3.8) is 0 Å². The van der Waals surface area contributed by atoms with E-state index in [9.17, 15) is 19.5 Å². The second kappa shape index (κ2) is 9.00. The number of phenols is 1. The first kappa shape index (κ1) is 21.8. The van der Waals surface area contributed by atoms with E-state index in [1.165, 1.54) is 38.5 Å². The van der Waals surface area contributed by atoms with E-state index >= 15 is 0 Å². The molecule has 0 radical (unpaired) electrons. The van der Waals surface area contributed by atoms with E-state index in [0.717, 1.165) is 11.6 Å². The number of hydrogen-bond acceptors (Lipinski definition) is 7. The molecule has 0 bridgehead atoms. The van der Waals surface area contributed by atoms with Crippen LogP contribution in [0.15, 0.2) is 66.7 Å². The molecular weight excluding hydrogens is 424 g/mol. The number of aromatic hydroxyl groups is 1. The maximum Gasteiger partial charge on any atom is 0.338 e. The number of ketones is 2. The first-order chi connectivity index (χ1) is 15.9. The van der Waals surface area contributed by atoms with E-state index in [4.69, 9.17) is 14.2 Å². The number of rotatable bonds is 6. The van der Waals surface area contributed by atoms with Gasteiger partial charge in [-0.2, -0.15) is 0 Å². The molecule has 166 valence electrons. The molecule has 7 heteroatoms. The number of carbonyl (C=O) groups is 3. The molecule has 1 aliphatic rings. The Morgan fingerprint density at radius 3 is 2.39 bits per heavy atom. The lowest BCUT2D eigenvalue weighted by Gasteiger charge is -2.20. The van der Waals surface area contributed by atoms with Gasteiger partial charge in [-0.1, -0.05) is 42.5 Å². The average Bonchev–Trinajstić information content (AvgIpc) is 2.84. The van der Waals surface area contributed by atoms with Crippen LogP contribution in [0.2, 0.25) is 0 Å². The molecule has 3 aromatic carbocycles. The summed E-state index contributed by atoms with van der Waals surface area (Å²) in [6.07, 6.45) is 1.10. The molecule has 1 N–H and O–H groups in total. The second-order valence-corrected chi connectivity index (χ2v) is 7.27. The first-order valence-corrected chi connectivity index (χ1v) is 10.0. The Labute approximate surface area is 189 Å². The van der Waals surface area contributed by atoms with Gasteiger partial charge in [0.15, 0.2) is 11.6 Å². The zero-order valence-electron chi connectivity index (χ0n) is 18.0. The quantitative estimate of drug-likeness (QED) is 0.568. The average molecular weight is 444 g/mol. The monoisotopic (exact) mass is 444 g/mol. The minimum absolute atomic E-state index is 0.0101. The van der Waals surface area contributed by atoms with Crippen LogP contribution in [-0.4, -0.2) is 36.9 Å². The fourth-order valence-corrected chi connectivity index (χ4v) is 3.71. The SMILES string of the molecule is COC(=O)c1cc(OCc2ccccc2)cc(OC)c1C1=CC(=O)c2c(O)cccc2C1=O. The van der Waals surface area contributed by atoms with Crippen molar-refractivity contribution >= 4 is 23.1 Å². The van der Waals surface area contributed by atoms with Crippen molar-refractivity contribution in [3.05, 3.63) is 94.6 Å². The number of phenolic OH excluding ortho intramolecular Hbond substituents is 1. The fourth-order valence-electron chi connectivity index (χ4n) is 3.71. The first-order valence-electron chi connectivity index (χ1n) is 10.0. The van der Waals surface area contributed by atoms with E-state index in [0.29, 0.717) is 5.75 Å². The largest absolute Gasteiger partial charge is 0.507 e. The van der Waals surface area contributed by atoms with Gasteiger partial charge >= 0.3 is 5.97 Å². The predicted octanol–water partition coefficient (Wildman–Crippen LogP) is 4.23. The van der Waals surface area contributed by atoms with Crippen LogP contribution in [0.4, 0.5) is 0 Å². The Balaban J connectivity index is 1.82. The summed E-state index contributed by atoms with van der Waals surface area (Å²) in [5, 5.41) is 10.1. The zero-order valence-corrected chi connectivity index (χ0v) is 18.0. The lowest BCUT2D eigenvalue weighted by molar-refractivity contribution is 0.0599. The van der Waals surface area contributed by atoms with E-state index < -0.39 is 17.5 Å². The number of benzene rings is 3. The van der Waals surface area contributed by atoms with Gasteiger partial charge in [-0.15, -0.1) is 0 Å². The zero-order chi connectivity index (χ0) is 23.5. The van der Waals surface area contributed by atoms with Gasteiger partial charge in [0.1, 0.15) is 23.9 Å². The molecule has 4 rings (SSSR count). The molecule has 3 aromatic rings. The van der Waals surface area contributed by atoms with Crippen LogP contribution in [0.25, 0.3) is 5.57 Å². The Kier molecular flexibility index (Phi) is 5.95. The molecule has 0 saturated carbocycles. The Bertz CT molecular complexity index is 1290. The standard InChI is InChI=1S/C26H20O7/c1-31-22-12-16(33-14-15-7-4-3-5-8-15)11-19(26(30)32-2)23(22)18-13-21(28)24-17(25(18)29)9-6-10-20(24)27/h3-13,27H,14H2,1-2H3. The predicted molar refractivity (Wildman–Crippen MR) is 120 cm³/mol. The molecule has 0 spiro atoms. The Morgan fingerprint density at radius 1 is 0.939 bits per heavy atom. The third-order valence-electron chi connectivity index (χ3n) is 5.27. The highest BCUT2D eigenvalue weighted by molar-refractivity contribution is 6.40. The summed E-state index contributed by atoms with van der Waals surface area (Å²) in [7, 11) is 2.60. The summed E-state index contributed by atoms with van der Waals surface area (Å²) >= 11 is 0. The minimum atomic E-state index is -0.726. The molecule has 7 nitrogen and oxygen atoms in total. The maximum absolute atomic E-state index is 13.3. The molecule has 0 aliphatic heterocycles. The van der Waals surface area contributed by atoms with E-state index in [2.05, 4.69) is 0 Å². The van der Waals surface area contributed by atoms with Gasteiger partial charge < -0.3 is 19.3 Å². The van der Waals surface area contributed by atoms with Crippen molar-refractivity contribution in [2.45, 2.75) is 6.61 Å². The number of ether oxygens (including phenoxy) is 3. The van der Waals surface area contributed by atoms with Crippen LogP contribution in [0.5, 0.6) is 17.2 Å². The van der Waals surface area contributed by atoms with Gasteiger partial charge in [0, 0.05) is 22.8 Å². The molecule has 0 saturated heterocycles. The van der Waals surface area contributed by atoms with Crippen molar-refractivity contribution < 1.29 is 33.7 Å². The second-order valence-electron chi connectivity index (χ2n) is 7.27. The summed E-state index contributed by atoms with van der Waals surface area (Å²) in [6.45, 7) is 0.247. The third-order valence-corrected chi connectivity index (χ3v) is 5.27. The minimum Gasteiger partial charge on any atom is -0.507 e. The molecule has 0 fully saturated rings. The van der Waals surface area contributed by atoms with Crippen LogP contribution in [0.3, 0.4) is 0 Å². The normalized spacial score (nSPS) is 12.6. The summed E-state index contributed by atoms with van der Waals surface area (Å²) in [5.41, 5.74) is 0.976. The topological polar surface area (TPSA) is 99.1 Å². The van der Waals surface area contributed by atoms with Gasteiger partial charge in [-0.05, 0) is 23.8 Å². The van der Waals surface area contributed by atoms with Crippen molar-refractivity contribution in [1.29, 1.82) is 0 Å². The summed E-state index contributed by atoms with van der Waals surface area (Å²) in [5.74, 6) is -1.60. The molecule has 0 aromatic heterocycles. The van der Waals surface area contributed by atoms with Gasteiger partial charge in [-0.3, -0.25) is 9.59 Å². The van der Waals surface area contributed by atoms with Gasteiger partial charge in [0.2, 0.25) is 0 Å². The number of carbonyl (C=O) groups excluding carboxylic acids is 3. The van der Waals surface area contributed by atoms with Crippen LogP contribution < -0.4 is 9.47 Å². The number of hydrogen-bond donors (Lipinski definition) is 1. The number of allylic oxidation sites excluding steroid dienone is 2. The maximum atomic E-state index is 13.3. The summed E-state index contributed by atoms with van der Waals surface area (Å²) in [4.78, 5) is 38.7.